The monoisotopic (exact) mass is 268 g/mol. The third-order valence-corrected chi connectivity index (χ3v) is 1.58. The molecule has 0 rings (SSSR count). The van der Waals surface area contributed by atoms with Crippen molar-refractivity contribution in [1.29, 1.82) is 0 Å². The third-order valence-electron chi connectivity index (χ3n) is 1.58. The van der Waals surface area contributed by atoms with Gasteiger partial charge >= 0.3 is 0 Å². The van der Waals surface area contributed by atoms with E-state index in [1.165, 1.54) is 0 Å². The van der Waals surface area contributed by atoms with Gasteiger partial charge in [0.05, 0.1) is 11.2 Å². The van der Waals surface area contributed by atoms with Crippen molar-refractivity contribution in [1.82, 2.24) is 0 Å². The number of hydrogen-bond donors (Lipinski definition) is 2. The predicted molar refractivity (Wildman–Crippen MR) is 67.8 cm³/mol. The Hall–Kier alpha value is -0.240. The summed E-state index contributed by atoms with van der Waals surface area (Å²) in [5, 5.41) is 12.0. The van der Waals surface area contributed by atoms with Crippen LogP contribution < -0.4 is 0 Å². The Bertz CT molecular complexity index is 186. The van der Waals surface area contributed by atoms with Gasteiger partial charge < -0.3 is 0 Å². The Kier molecular flexibility index (Phi) is 8.97. The molecule has 0 spiro atoms. The molecule has 112 valence electrons. The van der Waals surface area contributed by atoms with E-state index in [0.29, 0.717) is 6.42 Å². The molecule has 0 heterocycles. The standard InChI is InChI=1S/C12H26O4.H2O2/c1-9-12(8,15-13-10(2,3)4)16-14-11(5,6)7;1-2/h9H2,1-8H3;1-2H. The van der Waals surface area contributed by atoms with Gasteiger partial charge in [0.1, 0.15) is 0 Å². The lowest BCUT2D eigenvalue weighted by Gasteiger charge is -2.31. The quantitative estimate of drug-likeness (QED) is 0.450. The van der Waals surface area contributed by atoms with Crippen LogP contribution in [0.3, 0.4) is 0 Å². The van der Waals surface area contributed by atoms with Crippen LogP contribution in [0.25, 0.3) is 0 Å². The fourth-order valence-corrected chi connectivity index (χ4v) is 0.558. The smallest absolute Gasteiger partial charge is 0.231 e. The molecule has 0 bridgehead atoms. The SMILES string of the molecule is CCC(C)(OOC(C)(C)C)OOC(C)(C)C.OO. The van der Waals surface area contributed by atoms with E-state index in [1.807, 2.05) is 48.5 Å². The average Bonchev–Trinajstić information content (AvgIpc) is 2.25. The lowest BCUT2D eigenvalue weighted by atomic mass is 10.2. The zero-order valence-electron chi connectivity index (χ0n) is 12.7. The summed E-state index contributed by atoms with van der Waals surface area (Å²) in [4.78, 5) is 21.1. The van der Waals surface area contributed by atoms with E-state index in [2.05, 4.69) is 0 Å². The first-order valence-electron chi connectivity index (χ1n) is 5.91. The number of hydrogen-bond acceptors (Lipinski definition) is 6. The minimum atomic E-state index is -0.888. The number of rotatable bonds is 5. The predicted octanol–water partition coefficient (Wildman–Crippen LogP) is 3.62. The van der Waals surface area contributed by atoms with E-state index < -0.39 is 5.79 Å². The molecule has 2 N–H and O–H groups in total. The van der Waals surface area contributed by atoms with Crippen molar-refractivity contribution < 1.29 is 30.1 Å². The Morgan fingerprint density at radius 1 is 0.667 bits per heavy atom. The van der Waals surface area contributed by atoms with Crippen LogP contribution in [0, 0.1) is 0 Å². The summed E-state index contributed by atoms with van der Waals surface area (Å²) in [5.41, 5.74) is -0.747. The molecule has 0 aliphatic rings. The Morgan fingerprint density at radius 3 is 1.11 bits per heavy atom. The molecule has 0 saturated carbocycles. The van der Waals surface area contributed by atoms with Crippen LogP contribution in [0.5, 0.6) is 0 Å². The van der Waals surface area contributed by atoms with Crippen LogP contribution in [-0.2, 0) is 19.6 Å². The van der Waals surface area contributed by atoms with Crippen LogP contribution in [0.2, 0.25) is 0 Å². The molecule has 0 aromatic rings. The maximum Gasteiger partial charge on any atom is 0.231 e. The summed E-state index contributed by atoms with van der Waals surface area (Å²) in [7, 11) is 0. The molecular weight excluding hydrogens is 240 g/mol. The molecule has 0 saturated heterocycles. The van der Waals surface area contributed by atoms with Crippen LogP contribution in [0.4, 0.5) is 0 Å². The van der Waals surface area contributed by atoms with Crippen molar-refractivity contribution in [3.8, 4) is 0 Å². The van der Waals surface area contributed by atoms with E-state index in [4.69, 9.17) is 30.1 Å². The molecule has 6 heteroatoms. The highest BCUT2D eigenvalue weighted by molar-refractivity contribution is 4.60. The second-order valence-electron chi connectivity index (χ2n) is 6.05. The second kappa shape index (κ2) is 8.04. The molecule has 18 heavy (non-hydrogen) atoms. The van der Waals surface area contributed by atoms with E-state index in [9.17, 15) is 0 Å². The van der Waals surface area contributed by atoms with Gasteiger partial charge in [-0.05, 0) is 48.5 Å². The lowest BCUT2D eigenvalue weighted by Crippen LogP contribution is -2.38. The van der Waals surface area contributed by atoms with Crippen molar-refractivity contribution in [2.75, 3.05) is 0 Å². The fraction of sp³-hybridized carbons (Fsp3) is 1.00. The van der Waals surface area contributed by atoms with Gasteiger partial charge in [0.25, 0.3) is 0 Å². The van der Waals surface area contributed by atoms with Gasteiger partial charge in [0, 0.05) is 6.42 Å². The lowest BCUT2D eigenvalue weighted by molar-refractivity contribution is -0.536. The fourth-order valence-electron chi connectivity index (χ4n) is 0.558. The van der Waals surface area contributed by atoms with Crippen LogP contribution in [0.1, 0.15) is 61.8 Å². The van der Waals surface area contributed by atoms with Crippen LogP contribution >= 0.6 is 0 Å². The molecule has 0 aromatic carbocycles. The van der Waals surface area contributed by atoms with Gasteiger partial charge in [-0.3, -0.25) is 10.5 Å². The molecule has 0 aliphatic carbocycles. The molecule has 0 unspecified atom stereocenters. The summed E-state index contributed by atoms with van der Waals surface area (Å²) in [6.45, 7) is 15.2. The van der Waals surface area contributed by atoms with Gasteiger partial charge in [0.15, 0.2) is 0 Å². The minimum absolute atomic E-state index is 0.373. The van der Waals surface area contributed by atoms with Crippen molar-refractivity contribution in [3.63, 3.8) is 0 Å². The maximum atomic E-state index is 6.00. The van der Waals surface area contributed by atoms with Crippen LogP contribution in [0.15, 0.2) is 0 Å². The summed E-state index contributed by atoms with van der Waals surface area (Å²) < 4.78 is 0. The first kappa shape index (κ1) is 20.1. The Morgan fingerprint density at radius 2 is 0.944 bits per heavy atom. The summed E-state index contributed by atoms with van der Waals surface area (Å²) in [6, 6.07) is 0. The minimum Gasteiger partial charge on any atom is -0.255 e. The molecule has 0 fully saturated rings. The summed E-state index contributed by atoms with van der Waals surface area (Å²) >= 11 is 0. The Labute approximate surface area is 110 Å². The van der Waals surface area contributed by atoms with Gasteiger partial charge in [-0.2, -0.15) is 9.78 Å². The molecule has 0 aliphatic heterocycles. The molecule has 0 aromatic heterocycles. The zero-order valence-corrected chi connectivity index (χ0v) is 12.7. The van der Waals surface area contributed by atoms with Gasteiger partial charge in [-0.25, -0.2) is 9.78 Å². The van der Waals surface area contributed by atoms with Crippen molar-refractivity contribution in [2.45, 2.75) is 78.8 Å². The topological polar surface area (TPSA) is 77.4 Å². The first-order chi connectivity index (χ1) is 7.97. The van der Waals surface area contributed by atoms with E-state index in [-0.39, 0.29) is 11.2 Å². The summed E-state index contributed by atoms with van der Waals surface area (Å²) in [5.74, 6) is -0.888. The van der Waals surface area contributed by atoms with Crippen LogP contribution in [-0.4, -0.2) is 27.5 Å². The van der Waals surface area contributed by atoms with E-state index in [0.717, 1.165) is 0 Å². The average molecular weight is 268 g/mol. The highest BCUT2D eigenvalue weighted by atomic mass is 17.3. The molecule has 0 atom stereocenters. The van der Waals surface area contributed by atoms with Gasteiger partial charge in [0.2, 0.25) is 5.79 Å². The zero-order chi connectivity index (χ0) is 15.0. The van der Waals surface area contributed by atoms with Gasteiger partial charge in [-0.15, -0.1) is 0 Å². The largest absolute Gasteiger partial charge is 0.255 e. The first-order valence-corrected chi connectivity index (χ1v) is 5.91. The van der Waals surface area contributed by atoms with Crippen molar-refractivity contribution >= 4 is 0 Å². The molecule has 0 amide bonds. The van der Waals surface area contributed by atoms with Crippen molar-refractivity contribution in [3.05, 3.63) is 0 Å². The second-order valence-corrected chi connectivity index (χ2v) is 6.05. The maximum absolute atomic E-state index is 6.00. The summed E-state index contributed by atoms with van der Waals surface area (Å²) in [6.07, 6.45) is 0.624. The van der Waals surface area contributed by atoms with E-state index in [1.54, 1.807) is 6.92 Å². The molecule has 6 nitrogen and oxygen atoms in total. The van der Waals surface area contributed by atoms with Crippen molar-refractivity contribution in [2.24, 2.45) is 0 Å². The third kappa shape index (κ3) is 12.2. The highest BCUT2D eigenvalue weighted by Crippen LogP contribution is 2.23. The molecule has 0 radical (unpaired) electrons. The van der Waals surface area contributed by atoms with Gasteiger partial charge in [-0.1, -0.05) is 6.92 Å². The Balaban J connectivity index is 0. The highest BCUT2D eigenvalue weighted by Gasteiger charge is 2.31. The molecular formula is C12H28O6. The van der Waals surface area contributed by atoms with E-state index >= 15 is 0 Å². The normalized spacial score (nSPS) is 13.0.